The standard InChI is InChI=1S/C10H13NO/c12-10-7-11-6-9(10)8-4-2-1-3-5-8/h1-5,9-12H,6-7H2/t9-,10-/m0/s1. The van der Waals surface area contributed by atoms with E-state index in [9.17, 15) is 5.11 Å². The van der Waals surface area contributed by atoms with Gasteiger partial charge in [0.2, 0.25) is 0 Å². The second-order valence-corrected chi connectivity index (χ2v) is 3.24. The van der Waals surface area contributed by atoms with Crippen molar-refractivity contribution in [2.45, 2.75) is 12.0 Å². The lowest BCUT2D eigenvalue weighted by atomic mass is 9.96. The van der Waals surface area contributed by atoms with E-state index in [1.807, 2.05) is 18.2 Å². The quantitative estimate of drug-likeness (QED) is 0.640. The van der Waals surface area contributed by atoms with Crippen LogP contribution in [0.5, 0.6) is 0 Å². The van der Waals surface area contributed by atoms with Gasteiger partial charge < -0.3 is 10.4 Å². The minimum Gasteiger partial charge on any atom is -0.391 e. The molecule has 1 aromatic rings. The highest BCUT2D eigenvalue weighted by Gasteiger charge is 2.25. The third-order valence-corrected chi connectivity index (χ3v) is 2.41. The Morgan fingerprint density at radius 2 is 1.92 bits per heavy atom. The minimum absolute atomic E-state index is 0.215. The summed E-state index contributed by atoms with van der Waals surface area (Å²) < 4.78 is 0. The second kappa shape index (κ2) is 3.25. The van der Waals surface area contributed by atoms with E-state index in [1.54, 1.807) is 0 Å². The molecule has 0 aliphatic carbocycles. The van der Waals surface area contributed by atoms with E-state index < -0.39 is 0 Å². The van der Waals surface area contributed by atoms with Crippen LogP contribution >= 0.6 is 0 Å². The molecule has 2 N–H and O–H groups in total. The fraction of sp³-hybridized carbons (Fsp3) is 0.400. The summed E-state index contributed by atoms with van der Waals surface area (Å²) in [6.07, 6.45) is -0.215. The predicted octanol–water partition coefficient (Wildman–Crippen LogP) is 0.734. The molecule has 1 fully saturated rings. The van der Waals surface area contributed by atoms with Crippen LogP contribution < -0.4 is 5.32 Å². The maximum atomic E-state index is 9.58. The zero-order chi connectivity index (χ0) is 8.39. The molecule has 1 aliphatic heterocycles. The van der Waals surface area contributed by atoms with Crippen molar-refractivity contribution in [3.63, 3.8) is 0 Å². The van der Waals surface area contributed by atoms with Crippen LogP contribution in [0, 0.1) is 0 Å². The highest BCUT2D eigenvalue weighted by atomic mass is 16.3. The number of aliphatic hydroxyl groups excluding tert-OH is 1. The second-order valence-electron chi connectivity index (χ2n) is 3.24. The van der Waals surface area contributed by atoms with Crippen LogP contribution in [0.1, 0.15) is 11.5 Å². The number of aliphatic hydroxyl groups is 1. The van der Waals surface area contributed by atoms with Crippen molar-refractivity contribution < 1.29 is 5.11 Å². The third-order valence-electron chi connectivity index (χ3n) is 2.41. The van der Waals surface area contributed by atoms with Crippen molar-refractivity contribution in [1.29, 1.82) is 0 Å². The van der Waals surface area contributed by atoms with Gasteiger partial charge in [0.15, 0.2) is 0 Å². The fourth-order valence-electron chi connectivity index (χ4n) is 1.71. The Balaban J connectivity index is 2.19. The first kappa shape index (κ1) is 7.77. The molecule has 12 heavy (non-hydrogen) atoms. The zero-order valence-corrected chi connectivity index (χ0v) is 6.90. The summed E-state index contributed by atoms with van der Waals surface area (Å²) in [5.41, 5.74) is 1.23. The van der Waals surface area contributed by atoms with Gasteiger partial charge in [0.25, 0.3) is 0 Å². The van der Waals surface area contributed by atoms with Crippen molar-refractivity contribution in [2.24, 2.45) is 0 Å². The van der Waals surface area contributed by atoms with E-state index in [2.05, 4.69) is 17.4 Å². The molecule has 0 amide bonds. The smallest absolute Gasteiger partial charge is 0.0745 e. The first-order chi connectivity index (χ1) is 5.88. The minimum atomic E-state index is -0.215. The molecule has 2 heteroatoms. The van der Waals surface area contributed by atoms with Crippen LogP contribution in [0.2, 0.25) is 0 Å². The lowest BCUT2D eigenvalue weighted by Gasteiger charge is -2.12. The number of β-amino-alcohol motifs (C(OH)–C–C–N with tert-alkyl or cyclic N) is 1. The van der Waals surface area contributed by atoms with E-state index >= 15 is 0 Å². The summed E-state index contributed by atoms with van der Waals surface area (Å²) in [6.45, 7) is 1.62. The summed E-state index contributed by atoms with van der Waals surface area (Å²) in [5.74, 6) is 0.284. The number of benzene rings is 1. The molecule has 1 aromatic carbocycles. The molecular formula is C10H13NO. The Hall–Kier alpha value is -0.860. The molecule has 2 nitrogen and oxygen atoms in total. The summed E-state index contributed by atoms with van der Waals surface area (Å²) in [5, 5.41) is 12.8. The van der Waals surface area contributed by atoms with E-state index in [0.717, 1.165) is 13.1 Å². The van der Waals surface area contributed by atoms with Gasteiger partial charge >= 0.3 is 0 Å². The maximum absolute atomic E-state index is 9.58. The van der Waals surface area contributed by atoms with Gasteiger partial charge in [0.1, 0.15) is 0 Å². The van der Waals surface area contributed by atoms with Gasteiger partial charge in [0.05, 0.1) is 6.10 Å². The lowest BCUT2D eigenvalue weighted by Crippen LogP contribution is -2.15. The first-order valence-electron chi connectivity index (χ1n) is 4.31. The Morgan fingerprint density at radius 1 is 1.17 bits per heavy atom. The normalized spacial score (nSPS) is 29.1. The predicted molar refractivity (Wildman–Crippen MR) is 48.1 cm³/mol. The largest absolute Gasteiger partial charge is 0.391 e. The summed E-state index contributed by atoms with van der Waals surface area (Å²) in [4.78, 5) is 0. The van der Waals surface area contributed by atoms with Crippen molar-refractivity contribution in [2.75, 3.05) is 13.1 Å². The molecule has 0 spiro atoms. The highest BCUT2D eigenvalue weighted by molar-refractivity contribution is 5.22. The van der Waals surface area contributed by atoms with Gasteiger partial charge in [-0.2, -0.15) is 0 Å². The number of rotatable bonds is 1. The van der Waals surface area contributed by atoms with Crippen LogP contribution in [0.25, 0.3) is 0 Å². The Labute approximate surface area is 72.2 Å². The molecule has 2 rings (SSSR count). The van der Waals surface area contributed by atoms with Gasteiger partial charge in [-0.05, 0) is 5.56 Å². The van der Waals surface area contributed by atoms with Crippen molar-refractivity contribution in [3.05, 3.63) is 35.9 Å². The molecule has 2 atom stereocenters. The van der Waals surface area contributed by atoms with Crippen LogP contribution in [0.3, 0.4) is 0 Å². The van der Waals surface area contributed by atoms with Gasteiger partial charge in [0, 0.05) is 19.0 Å². The molecule has 1 heterocycles. The molecule has 0 saturated carbocycles. The van der Waals surface area contributed by atoms with Crippen molar-refractivity contribution in [3.8, 4) is 0 Å². The van der Waals surface area contributed by atoms with Gasteiger partial charge in [-0.25, -0.2) is 0 Å². The number of hydrogen-bond donors (Lipinski definition) is 2. The van der Waals surface area contributed by atoms with Crippen molar-refractivity contribution >= 4 is 0 Å². The lowest BCUT2D eigenvalue weighted by molar-refractivity contribution is 0.178. The van der Waals surface area contributed by atoms with E-state index in [4.69, 9.17) is 0 Å². The van der Waals surface area contributed by atoms with E-state index in [-0.39, 0.29) is 12.0 Å². The molecule has 64 valence electrons. The summed E-state index contributed by atoms with van der Waals surface area (Å²) >= 11 is 0. The van der Waals surface area contributed by atoms with Crippen LogP contribution in [-0.2, 0) is 0 Å². The van der Waals surface area contributed by atoms with Gasteiger partial charge in [-0.1, -0.05) is 30.3 Å². The average Bonchev–Trinajstić information content (AvgIpc) is 2.53. The van der Waals surface area contributed by atoms with Gasteiger partial charge in [-0.15, -0.1) is 0 Å². The van der Waals surface area contributed by atoms with E-state index in [0.29, 0.717) is 0 Å². The van der Waals surface area contributed by atoms with Crippen LogP contribution in [0.15, 0.2) is 30.3 Å². The summed E-state index contributed by atoms with van der Waals surface area (Å²) in [7, 11) is 0. The maximum Gasteiger partial charge on any atom is 0.0745 e. The van der Waals surface area contributed by atoms with Gasteiger partial charge in [-0.3, -0.25) is 0 Å². The Morgan fingerprint density at radius 3 is 2.50 bits per heavy atom. The zero-order valence-electron chi connectivity index (χ0n) is 6.90. The topological polar surface area (TPSA) is 32.3 Å². The highest BCUT2D eigenvalue weighted by Crippen LogP contribution is 2.21. The monoisotopic (exact) mass is 163 g/mol. The molecular weight excluding hydrogens is 150 g/mol. The molecule has 0 unspecified atom stereocenters. The molecule has 0 aromatic heterocycles. The SMILES string of the molecule is O[C@H]1CNC[C@H]1c1ccccc1. The third kappa shape index (κ3) is 1.36. The number of hydrogen-bond acceptors (Lipinski definition) is 2. The Bertz CT molecular complexity index is 247. The average molecular weight is 163 g/mol. The van der Waals surface area contributed by atoms with Crippen LogP contribution in [-0.4, -0.2) is 24.3 Å². The molecule has 1 aliphatic rings. The Kier molecular flexibility index (Phi) is 2.11. The number of nitrogens with one attached hydrogen (secondary N) is 1. The fourth-order valence-corrected chi connectivity index (χ4v) is 1.71. The molecule has 0 bridgehead atoms. The molecule has 1 saturated heterocycles. The summed E-state index contributed by atoms with van der Waals surface area (Å²) in [6, 6.07) is 10.2. The molecule has 0 radical (unpaired) electrons. The first-order valence-corrected chi connectivity index (χ1v) is 4.31. The van der Waals surface area contributed by atoms with Crippen LogP contribution in [0.4, 0.5) is 0 Å². The van der Waals surface area contributed by atoms with Crippen molar-refractivity contribution in [1.82, 2.24) is 5.32 Å². The van der Waals surface area contributed by atoms with E-state index in [1.165, 1.54) is 5.56 Å².